The Morgan fingerprint density at radius 3 is 2.64 bits per heavy atom. The molecule has 25 heavy (non-hydrogen) atoms. The molecule has 0 aliphatic carbocycles. The molecule has 1 N–H and O–H groups in total. The maximum absolute atomic E-state index is 12.0. The fraction of sp³-hybridized carbons (Fsp3) is 0.118. The van der Waals surface area contributed by atoms with Crippen molar-refractivity contribution in [2.45, 2.75) is 6.42 Å². The fourth-order valence-electron chi connectivity index (χ4n) is 2.05. The first-order valence-corrected chi connectivity index (χ1v) is 7.92. The summed E-state index contributed by atoms with van der Waals surface area (Å²) in [6.45, 7) is 3.35. The number of hydrogen-bond acceptors (Lipinski definition) is 4. The Morgan fingerprint density at radius 2 is 2.00 bits per heavy atom. The fourth-order valence-corrected chi connectivity index (χ4v) is 2.35. The standard InChI is InChI=1S/C17H14Cl2N2O4/c1-2-3-11-8-13(21(23)24)5-7-16(11)25-10-17(22)20-12-4-6-14(18)15(19)9-12/h2,4-9H,1,3,10H2,(H,20,22). The summed E-state index contributed by atoms with van der Waals surface area (Å²) in [6, 6.07) is 8.88. The summed E-state index contributed by atoms with van der Waals surface area (Å²) in [5.41, 5.74) is 1.01. The molecule has 0 saturated heterocycles. The molecule has 0 spiro atoms. The molecule has 0 unspecified atom stereocenters. The van der Waals surface area contributed by atoms with Crippen LogP contribution in [0.2, 0.25) is 10.0 Å². The van der Waals surface area contributed by atoms with E-state index in [2.05, 4.69) is 11.9 Å². The van der Waals surface area contributed by atoms with Crippen LogP contribution in [0.4, 0.5) is 11.4 Å². The number of ether oxygens (including phenoxy) is 1. The number of nitro groups is 1. The number of carbonyl (C=O) groups is 1. The summed E-state index contributed by atoms with van der Waals surface area (Å²) in [5, 5.41) is 14.2. The van der Waals surface area contributed by atoms with Gasteiger partial charge in [0, 0.05) is 23.4 Å². The van der Waals surface area contributed by atoms with Gasteiger partial charge in [-0.25, -0.2) is 0 Å². The first-order chi connectivity index (χ1) is 11.9. The molecular formula is C17H14Cl2N2O4. The van der Waals surface area contributed by atoms with Crippen LogP contribution in [0.25, 0.3) is 0 Å². The highest BCUT2D eigenvalue weighted by Gasteiger charge is 2.12. The summed E-state index contributed by atoms with van der Waals surface area (Å²) >= 11 is 11.7. The Labute approximate surface area is 154 Å². The first kappa shape index (κ1) is 18.8. The lowest BCUT2D eigenvalue weighted by Gasteiger charge is -2.11. The number of nitrogens with zero attached hydrogens (tertiary/aromatic N) is 1. The molecule has 2 rings (SSSR count). The molecule has 0 bridgehead atoms. The van der Waals surface area contributed by atoms with Gasteiger partial charge in [-0.3, -0.25) is 14.9 Å². The maximum Gasteiger partial charge on any atom is 0.269 e. The van der Waals surface area contributed by atoms with Crippen molar-refractivity contribution in [3.63, 3.8) is 0 Å². The van der Waals surface area contributed by atoms with Gasteiger partial charge in [-0.2, -0.15) is 0 Å². The van der Waals surface area contributed by atoms with Crippen molar-refractivity contribution in [2.75, 3.05) is 11.9 Å². The summed E-state index contributed by atoms with van der Waals surface area (Å²) in [5.74, 6) is -0.0175. The lowest BCUT2D eigenvalue weighted by atomic mass is 10.1. The predicted octanol–water partition coefficient (Wildman–Crippen LogP) is 4.65. The Balaban J connectivity index is 2.04. The average molecular weight is 381 g/mol. The zero-order valence-electron chi connectivity index (χ0n) is 13.0. The molecule has 0 heterocycles. The third kappa shape index (κ3) is 5.20. The summed E-state index contributed by atoms with van der Waals surface area (Å²) < 4.78 is 5.47. The molecule has 2 aromatic carbocycles. The van der Waals surface area contributed by atoms with Crippen molar-refractivity contribution < 1.29 is 14.5 Å². The average Bonchev–Trinajstić information content (AvgIpc) is 2.57. The SMILES string of the molecule is C=CCc1cc([N+](=O)[O-])ccc1OCC(=O)Nc1ccc(Cl)c(Cl)c1. The van der Waals surface area contributed by atoms with Crippen molar-refractivity contribution in [2.24, 2.45) is 0 Å². The smallest absolute Gasteiger partial charge is 0.269 e. The topological polar surface area (TPSA) is 81.5 Å². The molecule has 2 aromatic rings. The third-order valence-corrected chi connectivity index (χ3v) is 3.92. The van der Waals surface area contributed by atoms with Crippen LogP contribution in [-0.4, -0.2) is 17.4 Å². The first-order valence-electron chi connectivity index (χ1n) is 7.16. The van der Waals surface area contributed by atoms with Gasteiger partial charge in [0.15, 0.2) is 6.61 Å². The number of halogens is 2. The molecule has 8 heteroatoms. The number of amides is 1. The predicted molar refractivity (Wildman–Crippen MR) is 97.6 cm³/mol. The van der Waals surface area contributed by atoms with Gasteiger partial charge >= 0.3 is 0 Å². The van der Waals surface area contributed by atoms with E-state index in [1.807, 2.05) is 0 Å². The van der Waals surface area contributed by atoms with Gasteiger partial charge in [-0.05, 0) is 30.7 Å². The van der Waals surface area contributed by atoms with Crippen LogP contribution in [0.1, 0.15) is 5.56 Å². The van der Waals surface area contributed by atoms with E-state index in [4.69, 9.17) is 27.9 Å². The number of rotatable bonds is 7. The second-order valence-electron chi connectivity index (χ2n) is 5.01. The van der Waals surface area contributed by atoms with E-state index in [1.165, 1.54) is 24.3 Å². The van der Waals surface area contributed by atoms with Crippen LogP contribution in [0, 0.1) is 10.1 Å². The van der Waals surface area contributed by atoms with Gasteiger partial charge in [-0.15, -0.1) is 6.58 Å². The Hall–Kier alpha value is -2.57. The van der Waals surface area contributed by atoms with Crippen molar-refractivity contribution in [1.82, 2.24) is 0 Å². The van der Waals surface area contributed by atoms with E-state index >= 15 is 0 Å². The largest absolute Gasteiger partial charge is 0.483 e. The van der Waals surface area contributed by atoms with E-state index < -0.39 is 10.8 Å². The number of hydrogen-bond donors (Lipinski definition) is 1. The van der Waals surface area contributed by atoms with Gasteiger partial charge < -0.3 is 10.1 Å². The Kier molecular flexibility index (Phi) is 6.38. The number of benzene rings is 2. The minimum Gasteiger partial charge on any atom is -0.483 e. The summed E-state index contributed by atoms with van der Waals surface area (Å²) in [4.78, 5) is 22.3. The van der Waals surface area contributed by atoms with Gasteiger partial charge in [-0.1, -0.05) is 29.3 Å². The zero-order valence-corrected chi connectivity index (χ0v) is 14.5. The summed E-state index contributed by atoms with van der Waals surface area (Å²) in [6.07, 6.45) is 1.98. The van der Waals surface area contributed by atoms with E-state index in [1.54, 1.807) is 18.2 Å². The molecular weight excluding hydrogens is 367 g/mol. The quantitative estimate of drug-likeness (QED) is 0.430. The molecule has 0 aliphatic rings. The molecule has 0 radical (unpaired) electrons. The van der Waals surface area contributed by atoms with Crippen LogP contribution in [-0.2, 0) is 11.2 Å². The number of carbonyl (C=O) groups excluding carboxylic acids is 1. The number of non-ortho nitro benzene ring substituents is 1. The van der Waals surface area contributed by atoms with Gasteiger partial charge in [0.05, 0.1) is 15.0 Å². The van der Waals surface area contributed by atoms with E-state index in [9.17, 15) is 14.9 Å². The lowest BCUT2D eigenvalue weighted by Crippen LogP contribution is -2.20. The Morgan fingerprint density at radius 1 is 1.24 bits per heavy atom. The van der Waals surface area contributed by atoms with Crippen molar-refractivity contribution in [3.8, 4) is 5.75 Å². The molecule has 0 fully saturated rings. The second kappa shape index (κ2) is 8.50. The highest BCUT2D eigenvalue weighted by atomic mass is 35.5. The second-order valence-corrected chi connectivity index (χ2v) is 5.82. The number of allylic oxidation sites excluding steroid dienone is 1. The molecule has 1 amide bonds. The van der Waals surface area contributed by atoms with Crippen LogP contribution in [0.3, 0.4) is 0 Å². The van der Waals surface area contributed by atoms with Crippen molar-refractivity contribution >= 4 is 40.5 Å². The third-order valence-electron chi connectivity index (χ3n) is 3.18. The van der Waals surface area contributed by atoms with Crippen molar-refractivity contribution in [3.05, 3.63) is 74.8 Å². The normalized spacial score (nSPS) is 10.2. The zero-order chi connectivity index (χ0) is 18.4. The van der Waals surface area contributed by atoms with Crippen molar-refractivity contribution in [1.29, 1.82) is 0 Å². The van der Waals surface area contributed by atoms with Crippen LogP contribution in [0.5, 0.6) is 5.75 Å². The maximum atomic E-state index is 12.0. The van der Waals surface area contributed by atoms with Gasteiger partial charge in [0.25, 0.3) is 11.6 Å². The van der Waals surface area contributed by atoms with Gasteiger partial charge in [0.1, 0.15) is 5.75 Å². The van der Waals surface area contributed by atoms with Crippen LogP contribution >= 0.6 is 23.2 Å². The highest BCUT2D eigenvalue weighted by molar-refractivity contribution is 6.42. The lowest BCUT2D eigenvalue weighted by molar-refractivity contribution is -0.384. The summed E-state index contributed by atoms with van der Waals surface area (Å²) in [7, 11) is 0. The molecule has 6 nitrogen and oxygen atoms in total. The number of anilines is 1. The van der Waals surface area contributed by atoms with Gasteiger partial charge in [0.2, 0.25) is 0 Å². The molecule has 0 aromatic heterocycles. The van der Waals surface area contributed by atoms with Crippen LogP contribution < -0.4 is 10.1 Å². The monoisotopic (exact) mass is 380 g/mol. The van der Waals surface area contributed by atoms with E-state index in [0.717, 1.165) is 0 Å². The molecule has 130 valence electrons. The number of nitro benzene ring substituents is 1. The minimum absolute atomic E-state index is 0.0514. The van der Waals surface area contributed by atoms with E-state index in [0.29, 0.717) is 33.5 Å². The Bertz CT molecular complexity index is 824. The molecule has 0 aliphatic heterocycles. The molecule has 0 atom stereocenters. The highest BCUT2D eigenvalue weighted by Crippen LogP contribution is 2.26. The number of nitrogens with one attached hydrogen (secondary N) is 1. The van der Waals surface area contributed by atoms with Crippen LogP contribution in [0.15, 0.2) is 49.1 Å². The minimum atomic E-state index is -0.493. The molecule has 0 saturated carbocycles. The van der Waals surface area contributed by atoms with E-state index in [-0.39, 0.29) is 12.3 Å².